The molecule has 0 bridgehead atoms. The van der Waals surface area contributed by atoms with Gasteiger partial charge in [0.25, 0.3) is 0 Å². The number of nitrogen functional groups attached to an aromatic ring is 1. The number of amides is 2. The van der Waals surface area contributed by atoms with Crippen LogP contribution in [-0.2, 0) is 19.6 Å². The topological polar surface area (TPSA) is 135 Å². The summed E-state index contributed by atoms with van der Waals surface area (Å²) < 4.78 is 25.3. The van der Waals surface area contributed by atoms with Crippen LogP contribution in [-0.4, -0.2) is 47.1 Å². The van der Waals surface area contributed by atoms with E-state index in [2.05, 4.69) is 15.3 Å². The molecule has 2 amide bonds. The van der Waals surface area contributed by atoms with Crippen LogP contribution in [0.4, 0.5) is 5.95 Å². The van der Waals surface area contributed by atoms with Gasteiger partial charge in [-0.25, -0.2) is 18.4 Å². The van der Waals surface area contributed by atoms with Gasteiger partial charge in [-0.2, -0.15) is 4.31 Å². The summed E-state index contributed by atoms with van der Waals surface area (Å²) in [6, 6.07) is -0.986. The molecule has 10 heteroatoms. The second-order valence-electron chi connectivity index (χ2n) is 3.92. The molecule has 2 heterocycles. The highest BCUT2D eigenvalue weighted by molar-refractivity contribution is 7.89. The highest BCUT2D eigenvalue weighted by atomic mass is 32.2. The first kappa shape index (κ1) is 13.4. The third-order valence-electron chi connectivity index (χ3n) is 2.63. The number of piperazine rings is 1. The van der Waals surface area contributed by atoms with Crippen molar-refractivity contribution in [1.29, 1.82) is 0 Å². The zero-order chi connectivity index (χ0) is 14.2. The van der Waals surface area contributed by atoms with Crippen molar-refractivity contribution in [2.45, 2.75) is 17.9 Å². The molecule has 1 unspecified atom stereocenters. The molecular weight excluding hydrogens is 274 g/mol. The van der Waals surface area contributed by atoms with Crippen LogP contribution in [0, 0.1) is 0 Å². The van der Waals surface area contributed by atoms with Gasteiger partial charge in [-0.05, 0) is 6.92 Å². The van der Waals surface area contributed by atoms with Crippen molar-refractivity contribution in [2.75, 3.05) is 12.3 Å². The number of rotatable bonds is 2. The maximum Gasteiger partial charge on any atom is 0.247 e. The molecule has 0 aromatic carbocycles. The van der Waals surface area contributed by atoms with Crippen LogP contribution >= 0.6 is 0 Å². The van der Waals surface area contributed by atoms with Crippen molar-refractivity contribution in [3.63, 3.8) is 0 Å². The van der Waals surface area contributed by atoms with Gasteiger partial charge >= 0.3 is 0 Å². The molecule has 0 saturated carbocycles. The number of sulfonamides is 1. The third-order valence-corrected chi connectivity index (χ3v) is 4.50. The van der Waals surface area contributed by atoms with Crippen molar-refractivity contribution in [1.82, 2.24) is 19.6 Å². The van der Waals surface area contributed by atoms with Gasteiger partial charge in [0.1, 0.15) is 10.9 Å². The van der Waals surface area contributed by atoms with Crippen LogP contribution in [0.25, 0.3) is 0 Å². The van der Waals surface area contributed by atoms with Gasteiger partial charge in [0.2, 0.25) is 27.8 Å². The number of hydrogen-bond acceptors (Lipinski definition) is 7. The fourth-order valence-electron chi connectivity index (χ4n) is 1.58. The number of imide groups is 1. The molecular formula is C9H11N5O4S. The van der Waals surface area contributed by atoms with Gasteiger partial charge < -0.3 is 5.73 Å². The number of anilines is 1. The van der Waals surface area contributed by atoms with E-state index in [9.17, 15) is 18.0 Å². The fraction of sp³-hybridized carbons (Fsp3) is 0.333. The SMILES string of the molecule is CC1C(=O)NC(=O)CN1S(=O)(=O)c1cnc(N)nc1. The zero-order valence-electron chi connectivity index (χ0n) is 9.90. The van der Waals surface area contributed by atoms with Crippen molar-refractivity contribution in [3.05, 3.63) is 12.4 Å². The Hall–Kier alpha value is -2.07. The Morgan fingerprint density at radius 1 is 1.37 bits per heavy atom. The van der Waals surface area contributed by atoms with Gasteiger partial charge in [-0.3, -0.25) is 14.9 Å². The van der Waals surface area contributed by atoms with Gasteiger partial charge in [0.05, 0.1) is 18.9 Å². The Bertz CT molecular complexity index is 627. The van der Waals surface area contributed by atoms with Crippen molar-refractivity contribution >= 4 is 27.8 Å². The van der Waals surface area contributed by atoms with E-state index in [0.717, 1.165) is 16.7 Å². The molecule has 1 aliphatic heterocycles. The average Bonchev–Trinajstić information content (AvgIpc) is 2.34. The summed E-state index contributed by atoms with van der Waals surface area (Å²) in [5.41, 5.74) is 5.27. The molecule has 1 aromatic rings. The lowest BCUT2D eigenvalue weighted by Crippen LogP contribution is -2.58. The van der Waals surface area contributed by atoms with Gasteiger partial charge in [0, 0.05) is 0 Å². The lowest BCUT2D eigenvalue weighted by atomic mass is 10.2. The molecule has 0 spiro atoms. The monoisotopic (exact) mass is 285 g/mol. The summed E-state index contributed by atoms with van der Waals surface area (Å²) in [6.07, 6.45) is 2.06. The van der Waals surface area contributed by atoms with Crippen LogP contribution in [0.1, 0.15) is 6.92 Å². The lowest BCUT2D eigenvalue weighted by molar-refractivity contribution is -0.136. The molecule has 1 atom stereocenters. The molecule has 1 fully saturated rings. The molecule has 0 aliphatic carbocycles. The normalized spacial score (nSPS) is 21.2. The van der Waals surface area contributed by atoms with Crippen LogP contribution < -0.4 is 11.1 Å². The van der Waals surface area contributed by atoms with E-state index in [1.807, 2.05) is 0 Å². The zero-order valence-corrected chi connectivity index (χ0v) is 10.7. The highest BCUT2D eigenvalue weighted by Crippen LogP contribution is 2.18. The quantitative estimate of drug-likeness (QED) is 0.605. The smallest absolute Gasteiger partial charge is 0.247 e. The van der Waals surface area contributed by atoms with Gasteiger partial charge in [-0.1, -0.05) is 0 Å². The molecule has 19 heavy (non-hydrogen) atoms. The van der Waals surface area contributed by atoms with Gasteiger partial charge in [0.15, 0.2) is 0 Å². The Balaban J connectivity index is 2.41. The minimum atomic E-state index is -4.02. The Labute approximate surface area is 108 Å². The molecule has 1 saturated heterocycles. The molecule has 3 N–H and O–H groups in total. The first-order valence-corrected chi connectivity index (χ1v) is 6.69. The van der Waals surface area contributed by atoms with Crippen LogP contribution in [0.15, 0.2) is 17.3 Å². The molecule has 102 valence electrons. The molecule has 1 aliphatic rings. The number of hydrogen-bond donors (Lipinski definition) is 2. The summed E-state index contributed by atoms with van der Waals surface area (Å²) in [6.45, 7) is 0.955. The van der Waals surface area contributed by atoms with Crippen molar-refractivity contribution in [2.24, 2.45) is 0 Å². The van der Waals surface area contributed by atoms with E-state index in [-0.39, 0.29) is 10.8 Å². The summed E-state index contributed by atoms with van der Waals surface area (Å²) in [4.78, 5) is 29.7. The molecule has 1 aromatic heterocycles. The number of nitrogens with one attached hydrogen (secondary N) is 1. The molecule has 0 radical (unpaired) electrons. The maximum atomic E-state index is 12.3. The standard InChI is InChI=1S/C9H11N5O4S/c1-5-8(16)13-7(15)4-14(5)19(17,18)6-2-11-9(10)12-3-6/h2-3,5H,4H2,1H3,(H2,10,11,12)(H,13,15,16). The third kappa shape index (κ3) is 2.39. The van der Waals surface area contributed by atoms with Crippen molar-refractivity contribution < 1.29 is 18.0 Å². The minimum Gasteiger partial charge on any atom is -0.368 e. The number of nitrogens with two attached hydrogens (primary N) is 1. The van der Waals surface area contributed by atoms with Crippen LogP contribution in [0.2, 0.25) is 0 Å². The second-order valence-corrected chi connectivity index (χ2v) is 5.81. The number of nitrogens with zero attached hydrogens (tertiary/aromatic N) is 3. The average molecular weight is 285 g/mol. The first-order valence-electron chi connectivity index (χ1n) is 5.25. The molecule has 9 nitrogen and oxygen atoms in total. The first-order chi connectivity index (χ1) is 8.82. The Morgan fingerprint density at radius 2 is 1.95 bits per heavy atom. The Morgan fingerprint density at radius 3 is 2.53 bits per heavy atom. The predicted molar refractivity (Wildman–Crippen MR) is 62.9 cm³/mol. The fourth-order valence-corrected chi connectivity index (χ4v) is 3.02. The van der Waals surface area contributed by atoms with Crippen molar-refractivity contribution in [3.8, 4) is 0 Å². The van der Waals surface area contributed by atoms with Gasteiger partial charge in [-0.15, -0.1) is 0 Å². The van der Waals surface area contributed by atoms with E-state index in [0.29, 0.717) is 0 Å². The van der Waals surface area contributed by atoms with E-state index in [4.69, 9.17) is 5.73 Å². The maximum absolute atomic E-state index is 12.3. The van der Waals surface area contributed by atoms with Crippen LogP contribution in [0.5, 0.6) is 0 Å². The summed E-state index contributed by atoms with van der Waals surface area (Å²) in [7, 11) is -4.02. The highest BCUT2D eigenvalue weighted by Gasteiger charge is 2.39. The Kier molecular flexibility index (Phi) is 3.20. The summed E-state index contributed by atoms with van der Waals surface area (Å²) >= 11 is 0. The largest absolute Gasteiger partial charge is 0.368 e. The number of aromatic nitrogens is 2. The predicted octanol–water partition coefficient (Wildman–Crippen LogP) is -1.91. The van der Waals surface area contributed by atoms with E-state index in [1.54, 1.807) is 0 Å². The number of carbonyl (C=O) groups excluding carboxylic acids is 2. The minimum absolute atomic E-state index is 0.0699. The lowest BCUT2D eigenvalue weighted by Gasteiger charge is -2.30. The summed E-state index contributed by atoms with van der Waals surface area (Å²) in [5, 5.41) is 2.06. The molecule has 2 rings (SSSR count). The number of carbonyl (C=O) groups is 2. The van der Waals surface area contributed by atoms with E-state index >= 15 is 0 Å². The second kappa shape index (κ2) is 4.55. The summed E-state index contributed by atoms with van der Waals surface area (Å²) in [5.74, 6) is -1.42. The van der Waals surface area contributed by atoms with Crippen LogP contribution in [0.3, 0.4) is 0 Å². The van der Waals surface area contributed by atoms with E-state index < -0.39 is 34.4 Å². The van der Waals surface area contributed by atoms with E-state index in [1.165, 1.54) is 6.92 Å².